The molecule has 152 valence electrons. The van der Waals surface area contributed by atoms with Crippen molar-refractivity contribution in [3.05, 3.63) is 71.3 Å². The van der Waals surface area contributed by atoms with Gasteiger partial charge in [-0.2, -0.15) is 0 Å². The fourth-order valence-electron chi connectivity index (χ4n) is 2.72. The molecule has 0 heterocycles. The Morgan fingerprint density at radius 2 is 1.75 bits per heavy atom. The van der Waals surface area contributed by atoms with Gasteiger partial charge < -0.3 is 10.2 Å². The molecule has 0 saturated carbocycles. The van der Waals surface area contributed by atoms with Gasteiger partial charge in [-0.3, -0.25) is 4.99 Å². The van der Waals surface area contributed by atoms with E-state index in [-0.39, 0.29) is 12.3 Å². The lowest BCUT2D eigenvalue weighted by molar-refractivity contribution is 0.476. The molecule has 2 rings (SSSR count). The van der Waals surface area contributed by atoms with Crippen molar-refractivity contribution < 1.29 is 8.42 Å². The summed E-state index contributed by atoms with van der Waals surface area (Å²) in [6.07, 6.45) is 0. The highest BCUT2D eigenvalue weighted by molar-refractivity contribution is 7.89. The standard InChI is InChI=1S/C21H30N4O2S/c1-4-22-21(25(3)17-20-13-9-8-10-18(20)2)23-14-15-28(26,27)24-16-19-11-6-5-7-12-19/h5-13,24H,4,14-17H2,1-3H3,(H,22,23). The molecule has 0 spiro atoms. The van der Waals surface area contributed by atoms with Crippen LogP contribution in [0, 0.1) is 6.92 Å². The second-order valence-electron chi connectivity index (χ2n) is 6.64. The molecule has 7 heteroatoms. The SMILES string of the molecule is CCNC(=NCCS(=O)(=O)NCc1ccccc1)N(C)Cc1ccccc1C. The van der Waals surface area contributed by atoms with E-state index < -0.39 is 10.0 Å². The third-order valence-corrected chi connectivity index (χ3v) is 5.63. The summed E-state index contributed by atoms with van der Waals surface area (Å²) in [6, 6.07) is 17.7. The molecule has 0 aliphatic carbocycles. The Labute approximate surface area is 168 Å². The topological polar surface area (TPSA) is 73.8 Å². The molecule has 0 aliphatic rings. The van der Waals surface area contributed by atoms with Crippen LogP contribution in [0.2, 0.25) is 0 Å². The number of guanidine groups is 1. The predicted octanol–water partition coefficient (Wildman–Crippen LogP) is 2.51. The van der Waals surface area contributed by atoms with Crippen LogP contribution in [-0.4, -0.2) is 45.2 Å². The normalized spacial score (nSPS) is 12.0. The summed E-state index contributed by atoms with van der Waals surface area (Å²) in [5, 5.41) is 3.23. The first-order chi connectivity index (χ1) is 13.4. The maximum Gasteiger partial charge on any atom is 0.213 e. The molecule has 6 nitrogen and oxygen atoms in total. The number of rotatable bonds is 9. The molecule has 0 aromatic heterocycles. The van der Waals surface area contributed by atoms with Gasteiger partial charge in [-0.05, 0) is 30.5 Å². The van der Waals surface area contributed by atoms with Gasteiger partial charge in [0.2, 0.25) is 10.0 Å². The quantitative estimate of drug-likeness (QED) is 0.499. The van der Waals surface area contributed by atoms with Crippen molar-refractivity contribution >= 4 is 16.0 Å². The fraction of sp³-hybridized carbons (Fsp3) is 0.381. The number of hydrogen-bond donors (Lipinski definition) is 2. The van der Waals surface area contributed by atoms with E-state index in [4.69, 9.17) is 0 Å². The van der Waals surface area contributed by atoms with Gasteiger partial charge in [-0.1, -0.05) is 54.6 Å². The van der Waals surface area contributed by atoms with E-state index in [0.717, 1.165) is 12.1 Å². The number of benzene rings is 2. The largest absolute Gasteiger partial charge is 0.357 e. The van der Waals surface area contributed by atoms with E-state index in [1.807, 2.05) is 61.3 Å². The number of nitrogens with one attached hydrogen (secondary N) is 2. The van der Waals surface area contributed by atoms with Crippen LogP contribution in [0.4, 0.5) is 0 Å². The van der Waals surface area contributed by atoms with E-state index in [2.05, 4.69) is 34.1 Å². The Balaban J connectivity index is 1.92. The molecule has 0 fully saturated rings. The number of nitrogens with zero attached hydrogens (tertiary/aromatic N) is 2. The lowest BCUT2D eigenvalue weighted by Gasteiger charge is -2.23. The Hall–Kier alpha value is -2.38. The predicted molar refractivity (Wildman–Crippen MR) is 116 cm³/mol. The smallest absolute Gasteiger partial charge is 0.213 e. The van der Waals surface area contributed by atoms with Crippen LogP contribution in [0.3, 0.4) is 0 Å². The fourth-order valence-corrected chi connectivity index (χ4v) is 3.58. The van der Waals surface area contributed by atoms with Gasteiger partial charge in [0.15, 0.2) is 5.96 Å². The van der Waals surface area contributed by atoms with Gasteiger partial charge in [0.05, 0.1) is 12.3 Å². The first-order valence-corrected chi connectivity index (χ1v) is 11.1. The second-order valence-corrected chi connectivity index (χ2v) is 8.57. The van der Waals surface area contributed by atoms with Crippen LogP contribution in [0.25, 0.3) is 0 Å². The van der Waals surface area contributed by atoms with Crippen LogP contribution in [0.1, 0.15) is 23.6 Å². The third kappa shape index (κ3) is 7.32. The minimum absolute atomic E-state index is 0.0487. The summed E-state index contributed by atoms with van der Waals surface area (Å²) in [7, 11) is -1.43. The van der Waals surface area contributed by atoms with Crippen molar-refractivity contribution in [2.75, 3.05) is 25.9 Å². The monoisotopic (exact) mass is 402 g/mol. The number of sulfonamides is 1. The molecule has 0 radical (unpaired) electrons. The van der Waals surface area contributed by atoms with Gasteiger partial charge in [-0.15, -0.1) is 0 Å². The third-order valence-electron chi connectivity index (χ3n) is 4.33. The Morgan fingerprint density at radius 3 is 2.43 bits per heavy atom. The highest BCUT2D eigenvalue weighted by atomic mass is 32.2. The van der Waals surface area contributed by atoms with Gasteiger partial charge >= 0.3 is 0 Å². The molecule has 0 aliphatic heterocycles. The molecule has 0 unspecified atom stereocenters. The van der Waals surface area contributed by atoms with E-state index >= 15 is 0 Å². The van der Waals surface area contributed by atoms with Crippen molar-refractivity contribution in [1.29, 1.82) is 0 Å². The van der Waals surface area contributed by atoms with Crippen LogP contribution >= 0.6 is 0 Å². The van der Waals surface area contributed by atoms with Crippen LogP contribution in [-0.2, 0) is 23.1 Å². The first kappa shape index (κ1) is 21.9. The number of hydrogen-bond acceptors (Lipinski definition) is 3. The lowest BCUT2D eigenvalue weighted by atomic mass is 10.1. The van der Waals surface area contributed by atoms with Gasteiger partial charge in [-0.25, -0.2) is 13.1 Å². The highest BCUT2D eigenvalue weighted by Crippen LogP contribution is 2.09. The van der Waals surface area contributed by atoms with Crippen molar-refractivity contribution in [2.45, 2.75) is 26.9 Å². The number of aryl methyl sites for hydroxylation is 1. The molecule has 2 aromatic rings. The van der Waals surface area contributed by atoms with Crippen molar-refractivity contribution in [3.8, 4) is 0 Å². The van der Waals surface area contributed by atoms with Gasteiger partial charge in [0.1, 0.15) is 0 Å². The van der Waals surface area contributed by atoms with Crippen LogP contribution < -0.4 is 10.0 Å². The zero-order chi connectivity index (χ0) is 20.4. The van der Waals surface area contributed by atoms with E-state index in [9.17, 15) is 8.42 Å². The zero-order valence-corrected chi connectivity index (χ0v) is 17.7. The van der Waals surface area contributed by atoms with Crippen molar-refractivity contribution in [3.63, 3.8) is 0 Å². The molecule has 2 aromatic carbocycles. The summed E-state index contributed by atoms with van der Waals surface area (Å²) in [4.78, 5) is 6.50. The summed E-state index contributed by atoms with van der Waals surface area (Å²) in [5.41, 5.74) is 3.37. The van der Waals surface area contributed by atoms with Gasteiger partial charge in [0.25, 0.3) is 0 Å². The molecular formula is C21H30N4O2S. The molecule has 0 amide bonds. The summed E-state index contributed by atoms with van der Waals surface area (Å²) in [6.45, 7) is 5.99. The maximum atomic E-state index is 12.2. The molecule has 2 N–H and O–H groups in total. The Kier molecular flexibility index (Phi) is 8.47. The first-order valence-electron chi connectivity index (χ1n) is 9.46. The Bertz CT molecular complexity index is 867. The molecule has 0 atom stereocenters. The summed E-state index contributed by atoms with van der Waals surface area (Å²) in [5.74, 6) is 0.649. The van der Waals surface area contributed by atoms with E-state index in [1.54, 1.807) is 0 Å². The average molecular weight is 403 g/mol. The zero-order valence-electron chi connectivity index (χ0n) is 16.9. The van der Waals surface area contributed by atoms with E-state index in [0.29, 0.717) is 19.0 Å². The van der Waals surface area contributed by atoms with Gasteiger partial charge in [0, 0.05) is 26.7 Å². The average Bonchev–Trinajstić information content (AvgIpc) is 2.68. The van der Waals surface area contributed by atoms with Crippen LogP contribution in [0.5, 0.6) is 0 Å². The Morgan fingerprint density at radius 1 is 1.07 bits per heavy atom. The number of aliphatic imine (C=N–C) groups is 1. The molecule has 28 heavy (non-hydrogen) atoms. The molecule has 0 bridgehead atoms. The highest BCUT2D eigenvalue weighted by Gasteiger charge is 2.11. The van der Waals surface area contributed by atoms with E-state index in [1.165, 1.54) is 11.1 Å². The van der Waals surface area contributed by atoms with Crippen LogP contribution in [0.15, 0.2) is 59.6 Å². The minimum atomic E-state index is -3.39. The lowest BCUT2D eigenvalue weighted by Crippen LogP contribution is -2.39. The van der Waals surface area contributed by atoms with Crippen molar-refractivity contribution in [2.24, 2.45) is 4.99 Å². The molecular weight excluding hydrogens is 372 g/mol. The maximum absolute atomic E-state index is 12.2. The summed E-state index contributed by atoms with van der Waals surface area (Å²) >= 11 is 0. The second kappa shape index (κ2) is 10.8. The molecule has 0 saturated heterocycles. The summed E-state index contributed by atoms with van der Waals surface area (Å²) < 4.78 is 27.1. The van der Waals surface area contributed by atoms with Crippen molar-refractivity contribution in [1.82, 2.24) is 14.9 Å². The minimum Gasteiger partial charge on any atom is -0.357 e.